The maximum Gasteiger partial charge on any atom is 0.255 e. The smallest absolute Gasteiger partial charge is 0.255 e. The molecule has 5 aromatic rings. The number of nitrogens with one attached hydrogen (secondary N) is 3. The summed E-state index contributed by atoms with van der Waals surface area (Å²) in [6, 6.07) is 20.1. The number of aromatic amines is 1. The minimum Gasteiger partial charge on any atom is -0.361 e. The Morgan fingerprint density at radius 3 is 2.69 bits per heavy atom. The number of fused-ring (bicyclic) bond motifs is 2. The number of nitrogens with zero attached hydrogens (tertiary/aromatic N) is 3. The minimum absolute atomic E-state index is 0.219. The summed E-state index contributed by atoms with van der Waals surface area (Å²) >= 11 is 1.35. The molecule has 1 aliphatic rings. The Morgan fingerprint density at radius 2 is 1.87 bits per heavy atom. The second-order valence-corrected chi connectivity index (χ2v) is 10.6. The van der Waals surface area contributed by atoms with Gasteiger partial charge in [0.25, 0.3) is 5.91 Å². The van der Waals surface area contributed by atoms with Crippen LogP contribution in [-0.4, -0.2) is 25.7 Å². The van der Waals surface area contributed by atoms with Gasteiger partial charge in [0.15, 0.2) is 0 Å². The second kappa shape index (κ2) is 10.1. The predicted octanol–water partition coefficient (Wildman–Crippen LogP) is 6.74. The van der Waals surface area contributed by atoms with E-state index in [4.69, 9.17) is 10.1 Å². The molecule has 39 heavy (non-hydrogen) atoms. The van der Waals surface area contributed by atoms with Crippen LogP contribution in [0, 0.1) is 19.7 Å². The zero-order valence-electron chi connectivity index (χ0n) is 21.7. The number of rotatable bonds is 6. The topological polar surface area (TPSA) is 87.6 Å². The lowest BCUT2D eigenvalue weighted by atomic mass is 9.94. The molecule has 3 aromatic carbocycles. The molecule has 1 atom stereocenters. The van der Waals surface area contributed by atoms with Crippen LogP contribution in [-0.2, 0) is 10.5 Å². The van der Waals surface area contributed by atoms with Crippen molar-refractivity contribution in [3.8, 4) is 0 Å². The van der Waals surface area contributed by atoms with E-state index < -0.39 is 6.04 Å². The fourth-order valence-electron chi connectivity index (χ4n) is 5.00. The molecule has 7 nitrogen and oxygen atoms in total. The number of para-hydroxylation sites is 1. The highest BCUT2D eigenvalue weighted by Crippen LogP contribution is 2.39. The van der Waals surface area contributed by atoms with Crippen molar-refractivity contribution in [2.45, 2.75) is 37.7 Å². The molecule has 0 saturated carbocycles. The first-order valence-corrected chi connectivity index (χ1v) is 13.6. The van der Waals surface area contributed by atoms with Gasteiger partial charge >= 0.3 is 0 Å². The Labute approximate surface area is 229 Å². The summed E-state index contributed by atoms with van der Waals surface area (Å²) in [5.74, 6) is 0.442. The third kappa shape index (κ3) is 4.70. The molecule has 3 heterocycles. The number of aromatic nitrogens is 4. The van der Waals surface area contributed by atoms with Gasteiger partial charge < -0.3 is 15.6 Å². The number of benzene rings is 3. The first kappa shape index (κ1) is 24.9. The molecule has 0 bridgehead atoms. The Bertz CT molecular complexity index is 1750. The molecule has 0 fully saturated rings. The molecule has 0 radical (unpaired) electrons. The quantitative estimate of drug-likeness (QED) is 0.209. The van der Waals surface area contributed by atoms with Crippen LogP contribution in [0.25, 0.3) is 10.9 Å². The highest BCUT2D eigenvalue weighted by atomic mass is 32.2. The van der Waals surface area contributed by atoms with Crippen LogP contribution in [0.1, 0.15) is 35.2 Å². The van der Waals surface area contributed by atoms with Gasteiger partial charge in [-0.25, -0.2) is 9.07 Å². The van der Waals surface area contributed by atoms with Crippen molar-refractivity contribution in [1.29, 1.82) is 0 Å². The third-order valence-electron chi connectivity index (χ3n) is 6.94. The Morgan fingerprint density at radius 1 is 1.08 bits per heavy atom. The van der Waals surface area contributed by atoms with E-state index in [1.807, 2.05) is 75.5 Å². The number of allylic oxidation sites excluding steroid dienone is 1. The minimum atomic E-state index is -0.529. The maximum atomic E-state index is 14.2. The summed E-state index contributed by atoms with van der Waals surface area (Å²) in [6.45, 7) is 5.88. The van der Waals surface area contributed by atoms with Crippen LogP contribution >= 0.6 is 11.8 Å². The second-order valence-electron chi connectivity index (χ2n) is 9.67. The van der Waals surface area contributed by atoms with Crippen molar-refractivity contribution < 1.29 is 9.18 Å². The average Bonchev–Trinajstić information content (AvgIpc) is 3.53. The summed E-state index contributed by atoms with van der Waals surface area (Å²) in [6.07, 6.45) is 1.93. The molecule has 6 rings (SSSR count). The fraction of sp³-hybridized carbons (Fsp3) is 0.167. The van der Waals surface area contributed by atoms with E-state index in [2.05, 4.69) is 15.6 Å². The molecule has 1 amide bonds. The largest absolute Gasteiger partial charge is 0.361 e. The number of hydrogen-bond donors (Lipinski definition) is 3. The van der Waals surface area contributed by atoms with Crippen LogP contribution < -0.4 is 10.6 Å². The van der Waals surface area contributed by atoms with E-state index in [1.165, 1.54) is 17.8 Å². The molecular weight excluding hydrogens is 511 g/mol. The lowest BCUT2D eigenvalue weighted by molar-refractivity contribution is -0.113. The zero-order valence-corrected chi connectivity index (χ0v) is 22.6. The Balaban J connectivity index is 1.40. The van der Waals surface area contributed by atoms with Crippen LogP contribution in [0.2, 0.25) is 0 Å². The normalized spacial score (nSPS) is 14.8. The summed E-state index contributed by atoms with van der Waals surface area (Å²) in [7, 11) is 0. The van der Waals surface area contributed by atoms with Gasteiger partial charge in [-0.05, 0) is 50.1 Å². The Kier molecular flexibility index (Phi) is 6.44. The van der Waals surface area contributed by atoms with Crippen LogP contribution in [0.5, 0.6) is 0 Å². The number of hydrogen-bond acceptors (Lipinski definition) is 5. The predicted molar refractivity (Wildman–Crippen MR) is 153 cm³/mol. The molecule has 9 heteroatoms. The van der Waals surface area contributed by atoms with Gasteiger partial charge in [-0.1, -0.05) is 65.9 Å². The van der Waals surface area contributed by atoms with E-state index in [0.29, 0.717) is 33.7 Å². The number of anilines is 2. The molecule has 2 aromatic heterocycles. The summed E-state index contributed by atoms with van der Waals surface area (Å²) < 4.78 is 16.0. The molecule has 3 N–H and O–H groups in total. The third-order valence-corrected chi connectivity index (χ3v) is 7.82. The lowest BCUT2D eigenvalue weighted by Crippen LogP contribution is -2.31. The van der Waals surface area contributed by atoms with Gasteiger partial charge in [-0.3, -0.25) is 4.79 Å². The van der Waals surface area contributed by atoms with Gasteiger partial charge in [-0.2, -0.15) is 4.98 Å². The van der Waals surface area contributed by atoms with E-state index in [0.717, 1.165) is 33.3 Å². The molecular formula is C30H27FN6OS. The van der Waals surface area contributed by atoms with Gasteiger partial charge in [0.05, 0.1) is 5.57 Å². The van der Waals surface area contributed by atoms with Crippen molar-refractivity contribution in [1.82, 2.24) is 19.7 Å². The summed E-state index contributed by atoms with van der Waals surface area (Å²) in [5.41, 5.74) is 6.57. The zero-order chi connectivity index (χ0) is 27.1. The number of halogens is 1. The van der Waals surface area contributed by atoms with Crippen molar-refractivity contribution in [2.24, 2.45) is 0 Å². The number of thioether (sulfide) groups is 1. The standard InChI is InChI=1S/C30H27FN6OS/c1-17-12-13-24(18(2)14-17)34-28(38)26-19(3)33-29-35-30(39-16-20-8-4-6-10-23(20)31)36-37(29)27(26)22-15-32-25-11-7-5-9-21(22)25/h4-15,27,32H,16H2,1-3H3,(H,34,38)(H,33,35,36). The number of H-pyrrole nitrogens is 1. The van der Waals surface area contributed by atoms with Gasteiger partial charge in [0, 0.05) is 39.8 Å². The van der Waals surface area contributed by atoms with E-state index in [1.54, 1.807) is 16.8 Å². The van der Waals surface area contributed by atoms with Crippen LogP contribution in [0.4, 0.5) is 16.0 Å². The Hall–Kier alpha value is -4.37. The summed E-state index contributed by atoms with van der Waals surface area (Å²) in [4.78, 5) is 21.9. The molecule has 0 aliphatic carbocycles. The van der Waals surface area contributed by atoms with Crippen molar-refractivity contribution in [2.75, 3.05) is 10.6 Å². The molecule has 1 unspecified atom stereocenters. The average molecular weight is 539 g/mol. The van der Waals surface area contributed by atoms with Crippen molar-refractivity contribution >= 4 is 40.2 Å². The van der Waals surface area contributed by atoms with Crippen molar-refractivity contribution in [3.63, 3.8) is 0 Å². The van der Waals surface area contributed by atoms with E-state index in [9.17, 15) is 9.18 Å². The molecule has 196 valence electrons. The molecule has 1 aliphatic heterocycles. The van der Waals surface area contributed by atoms with E-state index >= 15 is 0 Å². The number of carbonyl (C=O) groups is 1. The van der Waals surface area contributed by atoms with E-state index in [-0.39, 0.29) is 11.7 Å². The first-order valence-electron chi connectivity index (χ1n) is 12.6. The van der Waals surface area contributed by atoms with Gasteiger partial charge in [0.1, 0.15) is 11.9 Å². The number of aryl methyl sites for hydroxylation is 2. The van der Waals surface area contributed by atoms with Crippen molar-refractivity contribution in [3.05, 3.63) is 112 Å². The number of carbonyl (C=O) groups excluding carboxylic acids is 1. The highest BCUT2D eigenvalue weighted by molar-refractivity contribution is 7.98. The fourth-order valence-corrected chi connectivity index (χ4v) is 5.81. The lowest BCUT2D eigenvalue weighted by Gasteiger charge is -2.28. The first-order chi connectivity index (χ1) is 18.9. The summed E-state index contributed by atoms with van der Waals surface area (Å²) in [5, 5.41) is 12.7. The highest BCUT2D eigenvalue weighted by Gasteiger charge is 2.36. The maximum absolute atomic E-state index is 14.2. The van der Waals surface area contributed by atoms with Crippen LogP contribution in [0.3, 0.4) is 0 Å². The molecule has 0 spiro atoms. The van der Waals surface area contributed by atoms with Gasteiger partial charge in [-0.15, -0.1) is 5.10 Å². The SMILES string of the molecule is CC1=C(C(=O)Nc2ccc(C)cc2C)C(c2c[nH]c3ccccc23)n2nc(SCc3ccccc3F)nc2N1. The monoisotopic (exact) mass is 538 g/mol. The van der Waals surface area contributed by atoms with Crippen LogP contribution in [0.15, 0.2) is 89.4 Å². The molecule has 0 saturated heterocycles. The number of amides is 1. The van der Waals surface area contributed by atoms with Gasteiger partial charge in [0.2, 0.25) is 11.1 Å².